The van der Waals surface area contributed by atoms with E-state index in [1.54, 1.807) is 0 Å². The fraction of sp³-hybridized carbons (Fsp3) is 0.226. The van der Waals surface area contributed by atoms with Crippen LogP contribution in [0.25, 0.3) is 34.1 Å². The van der Waals surface area contributed by atoms with E-state index in [-0.39, 0.29) is 0 Å². The van der Waals surface area contributed by atoms with Gasteiger partial charge in [-0.15, -0.1) is 15.3 Å². The van der Waals surface area contributed by atoms with E-state index in [0.29, 0.717) is 11.7 Å². The van der Waals surface area contributed by atoms with Crippen molar-refractivity contribution in [3.05, 3.63) is 106 Å². The summed E-state index contributed by atoms with van der Waals surface area (Å²) in [4.78, 5) is 5.07. The molecule has 3 aromatic carbocycles. The molecule has 1 N–H and O–H groups in total. The van der Waals surface area contributed by atoms with Crippen molar-refractivity contribution in [2.45, 2.75) is 46.1 Å². The van der Waals surface area contributed by atoms with Crippen LogP contribution in [0.4, 0.5) is 0 Å². The minimum atomic E-state index is 0.515. The number of tetrazole rings is 1. The molecule has 198 valence electrons. The Hall–Kier alpha value is -4.92. The predicted molar refractivity (Wildman–Crippen MR) is 152 cm³/mol. The van der Waals surface area contributed by atoms with Crippen LogP contribution in [0.3, 0.4) is 0 Å². The minimum absolute atomic E-state index is 0.515. The van der Waals surface area contributed by atoms with Gasteiger partial charge in [-0.05, 0) is 93.8 Å². The van der Waals surface area contributed by atoms with E-state index in [9.17, 15) is 0 Å². The number of fused-ring (bicyclic) bond motifs is 3. The molecule has 40 heavy (non-hydrogen) atoms. The quantitative estimate of drug-likeness (QED) is 0.300. The summed E-state index contributed by atoms with van der Waals surface area (Å²) >= 11 is 0. The van der Waals surface area contributed by atoms with Gasteiger partial charge in [-0.2, -0.15) is 0 Å². The van der Waals surface area contributed by atoms with Crippen molar-refractivity contribution < 1.29 is 4.42 Å². The topological polar surface area (TPSA) is 111 Å². The van der Waals surface area contributed by atoms with E-state index in [4.69, 9.17) is 9.40 Å². The molecule has 0 radical (unpaired) electrons. The predicted octanol–water partition coefficient (Wildman–Crippen LogP) is 5.60. The number of aromatic amines is 1. The van der Waals surface area contributed by atoms with Crippen molar-refractivity contribution >= 4 is 22.7 Å². The van der Waals surface area contributed by atoms with Gasteiger partial charge in [0.2, 0.25) is 12.3 Å². The first-order valence-electron chi connectivity index (χ1n) is 13.6. The number of H-pyrrole nitrogens is 1. The van der Waals surface area contributed by atoms with Gasteiger partial charge in [0, 0.05) is 18.5 Å². The molecule has 0 amide bonds. The zero-order valence-electron chi connectivity index (χ0n) is 22.4. The van der Waals surface area contributed by atoms with Crippen LogP contribution in [0.1, 0.15) is 58.4 Å². The van der Waals surface area contributed by atoms with E-state index >= 15 is 0 Å². The summed E-state index contributed by atoms with van der Waals surface area (Å²) in [7, 11) is 0. The Morgan fingerprint density at radius 2 is 1.88 bits per heavy atom. The Kier molecular flexibility index (Phi) is 6.03. The molecule has 0 bridgehead atoms. The number of imidazole rings is 1. The molecule has 0 spiro atoms. The van der Waals surface area contributed by atoms with Gasteiger partial charge < -0.3 is 8.98 Å². The fourth-order valence-corrected chi connectivity index (χ4v) is 5.79. The van der Waals surface area contributed by atoms with Crippen molar-refractivity contribution in [3.8, 4) is 11.5 Å². The van der Waals surface area contributed by atoms with Gasteiger partial charge in [-0.25, -0.2) is 10.1 Å². The van der Waals surface area contributed by atoms with Crippen LogP contribution in [-0.2, 0) is 25.8 Å². The molecule has 0 aliphatic heterocycles. The molecule has 3 heterocycles. The highest BCUT2D eigenvalue weighted by Crippen LogP contribution is 2.35. The van der Waals surface area contributed by atoms with Crippen LogP contribution in [0.2, 0.25) is 0 Å². The third kappa shape index (κ3) is 4.29. The molecule has 1 aliphatic rings. The molecule has 9 nitrogen and oxygen atoms in total. The van der Waals surface area contributed by atoms with Gasteiger partial charge >= 0.3 is 0 Å². The number of nitrogens with zero attached hydrogens (tertiary/aromatic N) is 7. The Morgan fingerprint density at radius 1 is 1.00 bits per heavy atom. The number of benzene rings is 3. The largest absolute Gasteiger partial charge is 0.423 e. The Bertz CT molecular complexity index is 1850. The molecule has 9 heteroatoms. The summed E-state index contributed by atoms with van der Waals surface area (Å²) in [5, 5.41) is 22.6. The minimum Gasteiger partial charge on any atom is -0.423 e. The van der Waals surface area contributed by atoms with Crippen molar-refractivity contribution in [3.63, 3.8) is 0 Å². The molecule has 0 atom stereocenters. The number of hydrogen-bond donors (Lipinski definition) is 1. The maximum atomic E-state index is 5.51. The van der Waals surface area contributed by atoms with E-state index in [2.05, 4.69) is 104 Å². The first kappa shape index (κ1) is 24.1. The number of rotatable bonds is 6. The van der Waals surface area contributed by atoms with Crippen LogP contribution >= 0.6 is 0 Å². The standard InChI is InChI=1S/C31H28N8O/c1-3-6-29-33-30-19(2)13-23(31-36-32-18-40-31)15-27(30)39(29)17-20-9-12-25-22(14-20)11-10-21-7-4-5-8-24(21)26(25)16-28-34-37-38-35-28/h4-5,7-9,12-16,18H,3,6,10-11,17H2,1-2H3,(H,34,35,37,38)/b26-16+. The van der Waals surface area contributed by atoms with Gasteiger partial charge in [-0.3, -0.25) is 0 Å². The first-order valence-corrected chi connectivity index (χ1v) is 13.6. The third-order valence-corrected chi connectivity index (χ3v) is 7.62. The second-order valence-electron chi connectivity index (χ2n) is 10.3. The number of nitrogens with one attached hydrogen (secondary N) is 1. The van der Waals surface area contributed by atoms with E-state index in [1.165, 1.54) is 34.2 Å². The monoisotopic (exact) mass is 528 g/mol. The third-order valence-electron chi connectivity index (χ3n) is 7.62. The van der Waals surface area contributed by atoms with Crippen LogP contribution in [0.5, 0.6) is 0 Å². The highest BCUT2D eigenvalue weighted by atomic mass is 16.4. The van der Waals surface area contributed by atoms with Crippen molar-refractivity contribution in [2.75, 3.05) is 0 Å². The molecule has 6 aromatic rings. The van der Waals surface area contributed by atoms with Crippen molar-refractivity contribution in [1.29, 1.82) is 0 Å². The van der Waals surface area contributed by atoms with Crippen LogP contribution in [0, 0.1) is 6.92 Å². The van der Waals surface area contributed by atoms with Gasteiger partial charge in [0.1, 0.15) is 5.82 Å². The summed E-state index contributed by atoms with van der Waals surface area (Å²) in [5.74, 6) is 2.24. The molecule has 0 unspecified atom stereocenters. The van der Waals surface area contributed by atoms with E-state index in [0.717, 1.165) is 65.8 Å². The maximum Gasteiger partial charge on any atom is 0.247 e. The fourth-order valence-electron chi connectivity index (χ4n) is 5.79. The SMILES string of the molecule is CCCc1nc2c(C)cc(-c3nnco3)cc2n1Cc1ccc2c(c1)CCc1ccccc1/C2=C\c1nnn[nH]1. The highest BCUT2D eigenvalue weighted by molar-refractivity contribution is 5.93. The number of hydrogen-bond acceptors (Lipinski definition) is 7. The molecule has 0 saturated heterocycles. The van der Waals surface area contributed by atoms with Crippen LogP contribution in [-0.4, -0.2) is 40.4 Å². The Labute approximate surface area is 231 Å². The zero-order valence-corrected chi connectivity index (χ0v) is 22.4. The lowest BCUT2D eigenvalue weighted by Crippen LogP contribution is -2.06. The number of aryl methyl sites for hydroxylation is 4. The lowest BCUT2D eigenvalue weighted by Gasteiger charge is -2.15. The highest BCUT2D eigenvalue weighted by Gasteiger charge is 2.20. The van der Waals surface area contributed by atoms with E-state index in [1.807, 2.05) is 6.08 Å². The molecule has 0 saturated carbocycles. The van der Waals surface area contributed by atoms with Gasteiger partial charge in [0.25, 0.3) is 0 Å². The summed E-state index contributed by atoms with van der Waals surface area (Å²) < 4.78 is 7.86. The Balaban J connectivity index is 1.33. The molecule has 0 fully saturated rings. The normalized spacial score (nSPS) is 13.9. The smallest absolute Gasteiger partial charge is 0.247 e. The zero-order chi connectivity index (χ0) is 27.1. The lowest BCUT2D eigenvalue weighted by atomic mass is 9.92. The van der Waals surface area contributed by atoms with Crippen molar-refractivity contribution in [2.24, 2.45) is 0 Å². The molecule has 3 aromatic heterocycles. The summed E-state index contributed by atoms with van der Waals surface area (Å²) in [6.45, 7) is 5.01. The van der Waals surface area contributed by atoms with E-state index < -0.39 is 0 Å². The molecule has 7 rings (SSSR count). The average molecular weight is 529 g/mol. The van der Waals surface area contributed by atoms with Crippen molar-refractivity contribution in [1.82, 2.24) is 40.4 Å². The molecular formula is C31H28N8O. The first-order chi connectivity index (χ1) is 19.7. The summed E-state index contributed by atoms with van der Waals surface area (Å²) in [6, 6.07) is 19.6. The average Bonchev–Trinajstić information content (AvgIpc) is 3.73. The lowest BCUT2D eigenvalue weighted by molar-refractivity contribution is 0.568. The second-order valence-corrected chi connectivity index (χ2v) is 10.3. The second kappa shape index (κ2) is 10.00. The van der Waals surface area contributed by atoms with Crippen LogP contribution < -0.4 is 0 Å². The maximum absolute atomic E-state index is 5.51. The Morgan fingerprint density at radius 3 is 2.70 bits per heavy atom. The van der Waals surface area contributed by atoms with Gasteiger partial charge in [-0.1, -0.05) is 49.4 Å². The van der Waals surface area contributed by atoms with Gasteiger partial charge in [0.05, 0.1) is 11.0 Å². The van der Waals surface area contributed by atoms with Crippen LogP contribution in [0.15, 0.2) is 65.4 Å². The summed E-state index contributed by atoms with van der Waals surface area (Å²) in [6.07, 6.45) is 7.27. The number of aromatic nitrogens is 8. The van der Waals surface area contributed by atoms with Gasteiger partial charge in [0.15, 0.2) is 5.82 Å². The molecule has 1 aliphatic carbocycles. The molecular weight excluding hydrogens is 500 g/mol. The summed E-state index contributed by atoms with van der Waals surface area (Å²) in [5.41, 5.74) is 11.5.